The summed E-state index contributed by atoms with van der Waals surface area (Å²) in [7, 11) is 1.89. The molecule has 2 N–H and O–H groups in total. The van der Waals surface area contributed by atoms with E-state index < -0.39 is 0 Å². The Labute approximate surface area is 170 Å². The van der Waals surface area contributed by atoms with Crippen LogP contribution in [0.4, 0.5) is 0 Å². The van der Waals surface area contributed by atoms with Crippen molar-refractivity contribution in [3.05, 3.63) is 67.3 Å². The summed E-state index contributed by atoms with van der Waals surface area (Å²) >= 11 is 0. The average molecular weight is 392 g/mol. The number of para-hydroxylation sites is 1. The van der Waals surface area contributed by atoms with Gasteiger partial charge in [0, 0.05) is 36.8 Å². The molecule has 0 aliphatic heterocycles. The molecule has 6 aromatic rings. The minimum atomic E-state index is 0.675. The lowest BCUT2D eigenvalue weighted by molar-refractivity contribution is 0.768. The van der Waals surface area contributed by atoms with Gasteiger partial charge in [-0.05, 0) is 35.9 Å². The van der Waals surface area contributed by atoms with Crippen LogP contribution >= 0.6 is 0 Å². The molecule has 0 saturated heterocycles. The summed E-state index contributed by atoms with van der Waals surface area (Å²) in [6, 6.07) is 14.0. The van der Waals surface area contributed by atoms with E-state index in [1.165, 1.54) is 0 Å². The van der Waals surface area contributed by atoms with E-state index in [4.69, 9.17) is 9.97 Å². The summed E-state index contributed by atoms with van der Waals surface area (Å²) in [5.74, 6) is 0.675. The van der Waals surface area contributed by atoms with Crippen LogP contribution in [0.3, 0.4) is 0 Å². The molecule has 0 aliphatic rings. The van der Waals surface area contributed by atoms with Crippen LogP contribution in [-0.2, 0) is 7.05 Å². The van der Waals surface area contributed by atoms with Gasteiger partial charge in [-0.3, -0.25) is 14.8 Å². The molecule has 6 rings (SSSR count). The molecule has 8 nitrogen and oxygen atoms in total. The molecule has 1 aromatic carbocycles. The van der Waals surface area contributed by atoms with Crippen molar-refractivity contribution < 1.29 is 0 Å². The lowest BCUT2D eigenvalue weighted by atomic mass is 10.1. The van der Waals surface area contributed by atoms with Crippen LogP contribution in [0.2, 0.25) is 0 Å². The van der Waals surface area contributed by atoms with Crippen LogP contribution in [0, 0.1) is 0 Å². The third kappa shape index (κ3) is 2.58. The quantitative estimate of drug-likeness (QED) is 0.475. The molecule has 8 heteroatoms. The summed E-state index contributed by atoms with van der Waals surface area (Å²) in [6.07, 6.45) is 7.31. The fourth-order valence-corrected chi connectivity index (χ4v) is 3.69. The molecule has 0 saturated carbocycles. The molecular formula is C22H16N8. The molecule has 0 atom stereocenters. The number of H-pyrrole nitrogens is 2. The van der Waals surface area contributed by atoms with Crippen LogP contribution in [0.5, 0.6) is 0 Å². The van der Waals surface area contributed by atoms with E-state index in [1.54, 1.807) is 23.3 Å². The highest BCUT2D eigenvalue weighted by Gasteiger charge is 2.17. The van der Waals surface area contributed by atoms with Gasteiger partial charge < -0.3 is 4.98 Å². The molecule has 0 radical (unpaired) electrons. The zero-order valence-electron chi connectivity index (χ0n) is 16.0. The highest BCUT2D eigenvalue weighted by atomic mass is 15.2. The van der Waals surface area contributed by atoms with Crippen molar-refractivity contribution in [2.45, 2.75) is 0 Å². The Hall–Kier alpha value is -4.33. The number of aryl methyl sites for hydroxylation is 1. The summed E-state index contributed by atoms with van der Waals surface area (Å²) in [6.45, 7) is 0. The van der Waals surface area contributed by atoms with Crippen molar-refractivity contribution in [3.8, 4) is 33.9 Å². The van der Waals surface area contributed by atoms with Gasteiger partial charge in [0.15, 0.2) is 11.5 Å². The minimum absolute atomic E-state index is 0.675. The van der Waals surface area contributed by atoms with Crippen molar-refractivity contribution in [3.63, 3.8) is 0 Å². The lowest BCUT2D eigenvalue weighted by Crippen LogP contribution is -1.87. The first-order chi connectivity index (χ1) is 14.8. The molecule has 0 bridgehead atoms. The van der Waals surface area contributed by atoms with E-state index in [0.29, 0.717) is 11.5 Å². The minimum Gasteiger partial charge on any atom is -0.336 e. The largest absolute Gasteiger partial charge is 0.336 e. The van der Waals surface area contributed by atoms with Crippen molar-refractivity contribution in [1.29, 1.82) is 0 Å². The van der Waals surface area contributed by atoms with Gasteiger partial charge >= 0.3 is 0 Å². The number of pyridine rings is 2. The second kappa shape index (κ2) is 6.35. The number of aromatic amines is 2. The van der Waals surface area contributed by atoms with Gasteiger partial charge in [-0.25, -0.2) is 9.97 Å². The first-order valence-corrected chi connectivity index (χ1v) is 9.50. The number of nitrogens with one attached hydrogen (secondary N) is 2. The number of nitrogens with zero attached hydrogens (tertiary/aromatic N) is 6. The van der Waals surface area contributed by atoms with Gasteiger partial charge in [0.1, 0.15) is 5.52 Å². The number of rotatable bonds is 3. The maximum absolute atomic E-state index is 4.87. The summed E-state index contributed by atoms with van der Waals surface area (Å²) in [5, 5.41) is 11.8. The van der Waals surface area contributed by atoms with Gasteiger partial charge in [0.2, 0.25) is 0 Å². The maximum atomic E-state index is 4.87. The van der Waals surface area contributed by atoms with E-state index in [0.717, 1.165) is 44.5 Å². The van der Waals surface area contributed by atoms with Gasteiger partial charge in [0.25, 0.3) is 0 Å². The fourth-order valence-electron chi connectivity index (χ4n) is 3.69. The van der Waals surface area contributed by atoms with E-state index >= 15 is 0 Å². The lowest BCUT2D eigenvalue weighted by Gasteiger charge is -2.01. The molecular weight excluding hydrogens is 376 g/mol. The predicted molar refractivity (Wildman–Crippen MR) is 114 cm³/mol. The Balaban J connectivity index is 1.52. The molecule has 0 unspecified atom stereocenters. The van der Waals surface area contributed by atoms with Gasteiger partial charge in [-0.1, -0.05) is 12.1 Å². The Morgan fingerprint density at radius 2 is 1.77 bits per heavy atom. The fraction of sp³-hybridized carbons (Fsp3) is 0.0455. The molecule has 0 fully saturated rings. The molecule has 0 aliphatic carbocycles. The molecule has 5 heterocycles. The van der Waals surface area contributed by atoms with Gasteiger partial charge in [-0.2, -0.15) is 10.2 Å². The number of hydrogen-bond acceptors (Lipinski definition) is 5. The maximum Gasteiger partial charge on any atom is 0.161 e. The van der Waals surface area contributed by atoms with E-state index in [1.807, 2.05) is 49.6 Å². The number of benzene rings is 1. The summed E-state index contributed by atoms with van der Waals surface area (Å²) in [4.78, 5) is 17.2. The highest BCUT2D eigenvalue weighted by Crippen LogP contribution is 2.31. The van der Waals surface area contributed by atoms with Crippen molar-refractivity contribution >= 4 is 22.1 Å². The molecule has 0 spiro atoms. The Bertz CT molecular complexity index is 1510. The Kier molecular flexibility index (Phi) is 3.51. The zero-order chi connectivity index (χ0) is 20.1. The van der Waals surface area contributed by atoms with Crippen LogP contribution in [0.25, 0.3) is 56.0 Å². The summed E-state index contributed by atoms with van der Waals surface area (Å²) in [5.41, 5.74) is 8.04. The molecule has 30 heavy (non-hydrogen) atoms. The first kappa shape index (κ1) is 16.6. The van der Waals surface area contributed by atoms with Gasteiger partial charge in [0.05, 0.1) is 28.4 Å². The zero-order valence-corrected chi connectivity index (χ0v) is 16.0. The smallest absolute Gasteiger partial charge is 0.161 e. The third-order valence-electron chi connectivity index (χ3n) is 5.14. The third-order valence-corrected chi connectivity index (χ3v) is 5.14. The highest BCUT2D eigenvalue weighted by molar-refractivity contribution is 5.96. The van der Waals surface area contributed by atoms with Crippen LogP contribution in [-0.4, -0.2) is 39.9 Å². The average Bonchev–Trinajstić information content (AvgIpc) is 3.50. The number of aromatic nitrogens is 8. The Morgan fingerprint density at radius 1 is 0.867 bits per heavy atom. The van der Waals surface area contributed by atoms with E-state index in [9.17, 15) is 0 Å². The van der Waals surface area contributed by atoms with E-state index in [-0.39, 0.29) is 0 Å². The number of imidazole rings is 1. The topological polar surface area (TPSA) is 101 Å². The van der Waals surface area contributed by atoms with Gasteiger partial charge in [-0.15, -0.1) is 0 Å². The molecule has 144 valence electrons. The standard InChI is InChI=1S/C22H16N8/c1-30-12-14(11-24-30)16-5-6-18-20(25-16)21(29-28-18)22-26-17-4-2-3-15(19(17)27-22)13-7-9-23-10-8-13/h2-12H,1H3,(H,26,27)(H,28,29). The van der Waals surface area contributed by atoms with Crippen LogP contribution in [0.1, 0.15) is 0 Å². The first-order valence-electron chi connectivity index (χ1n) is 9.50. The van der Waals surface area contributed by atoms with Crippen molar-refractivity contribution in [2.75, 3.05) is 0 Å². The number of hydrogen-bond donors (Lipinski definition) is 2. The molecule has 0 amide bonds. The van der Waals surface area contributed by atoms with Crippen molar-refractivity contribution in [1.82, 2.24) is 39.9 Å². The van der Waals surface area contributed by atoms with E-state index in [2.05, 4.69) is 31.3 Å². The molecule has 5 aromatic heterocycles. The van der Waals surface area contributed by atoms with Crippen LogP contribution in [0.15, 0.2) is 67.3 Å². The normalized spacial score (nSPS) is 11.5. The summed E-state index contributed by atoms with van der Waals surface area (Å²) < 4.78 is 1.76. The monoisotopic (exact) mass is 392 g/mol. The second-order valence-electron chi connectivity index (χ2n) is 7.09. The predicted octanol–water partition coefficient (Wildman–Crippen LogP) is 3.96. The van der Waals surface area contributed by atoms with Crippen LogP contribution < -0.4 is 0 Å². The van der Waals surface area contributed by atoms with Crippen molar-refractivity contribution in [2.24, 2.45) is 7.05 Å². The SMILES string of the molecule is Cn1cc(-c2ccc3[nH]nc(-c4nc5c(-c6ccncc6)cccc5[nH]4)c3n2)cn1. The second-order valence-corrected chi connectivity index (χ2v) is 7.09. The Morgan fingerprint density at radius 3 is 2.60 bits per heavy atom. The number of fused-ring (bicyclic) bond motifs is 2.